The van der Waals surface area contributed by atoms with E-state index in [1.165, 1.54) is 11.6 Å². The van der Waals surface area contributed by atoms with Gasteiger partial charge in [-0.2, -0.15) is 0 Å². The normalized spacial score (nSPS) is 14.7. The number of hydrogen-bond acceptors (Lipinski definition) is 3. The summed E-state index contributed by atoms with van der Waals surface area (Å²) in [7, 11) is 2.91. The van der Waals surface area contributed by atoms with E-state index in [1.54, 1.807) is 31.3 Å². The molecule has 0 amide bonds. The largest absolute Gasteiger partial charge is 0.332 e. The average molecular weight is 301 g/mol. The second-order valence-corrected chi connectivity index (χ2v) is 4.75. The Morgan fingerprint density at radius 2 is 2.05 bits per heavy atom. The molecule has 112 valence electrons. The van der Waals surface area contributed by atoms with Gasteiger partial charge in [0.25, 0.3) is 5.56 Å². The minimum Gasteiger partial charge on any atom is -0.321 e. The summed E-state index contributed by atoms with van der Waals surface area (Å²) in [4.78, 5) is 30.0. The van der Waals surface area contributed by atoms with Crippen molar-refractivity contribution in [3.63, 3.8) is 0 Å². The van der Waals surface area contributed by atoms with Gasteiger partial charge in [0.1, 0.15) is 5.82 Å². The molecule has 3 aromatic rings. The van der Waals surface area contributed by atoms with Gasteiger partial charge in [-0.3, -0.25) is 13.9 Å². The molecule has 0 radical (unpaired) electrons. The van der Waals surface area contributed by atoms with E-state index in [0.29, 0.717) is 11.4 Å². The van der Waals surface area contributed by atoms with Crippen molar-refractivity contribution in [2.75, 3.05) is 0 Å². The molecule has 0 fully saturated rings. The monoisotopic (exact) mass is 301 g/mol. The Morgan fingerprint density at radius 3 is 2.73 bits per heavy atom. The Bertz CT molecular complexity index is 1190. The standard InChI is InChI=1S/C16H16N4O2/c1-4-10-20-15(21)12-14(19(3)16(20)22)17-13(18(12)2)11-8-6-5-7-9-11/h4-9H,1,10H2,2-3H3/i1D2,4D,10D2. The third-order valence-electron chi connectivity index (χ3n) is 3.48. The highest BCUT2D eigenvalue weighted by Gasteiger charge is 2.18. The summed E-state index contributed by atoms with van der Waals surface area (Å²) in [6, 6.07) is 7.90. The van der Waals surface area contributed by atoms with Crippen molar-refractivity contribution in [2.24, 2.45) is 14.1 Å². The summed E-state index contributed by atoms with van der Waals surface area (Å²) in [5.74, 6) is 0.416. The zero-order chi connectivity index (χ0) is 20.1. The number of allylic oxidation sites excluding steroid dienone is 1. The number of fused-ring (bicyclic) bond motifs is 1. The number of nitrogens with zero attached hydrogens (tertiary/aromatic N) is 4. The summed E-state index contributed by atoms with van der Waals surface area (Å²) in [6.45, 7) is -4.07. The first-order valence-corrected chi connectivity index (χ1v) is 6.48. The van der Waals surface area contributed by atoms with Gasteiger partial charge in [0, 0.05) is 26.2 Å². The number of aryl methyl sites for hydroxylation is 2. The first kappa shape index (κ1) is 9.19. The SMILES string of the molecule is [2H]C([2H])=C([2H])C([2H])([2H])n1c(=O)c2c(nc(-c3ccccc3)n2C)n(C)c1=O. The van der Waals surface area contributed by atoms with Gasteiger partial charge in [-0.05, 0) is 0 Å². The maximum absolute atomic E-state index is 13.0. The average Bonchev–Trinajstić information content (AvgIpc) is 2.97. The molecule has 0 saturated carbocycles. The van der Waals surface area contributed by atoms with Crippen LogP contribution >= 0.6 is 0 Å². The molecule has 1 aromatic carbocycles. The molecule has 0 aliphatic heterocycles. The van der Waals surface area contributed by atoms with Gasteiger partial charge < -0.3 is 4.57 Å². The maximum atomic E-state index is 13.0. The van der Waals surface area contributed by atoms with Gasteiger partial charge in [0.2, 0.25) is 0 Å². The van der Waals surface area contributed by atoms with Crippen molar-refractivity contribution >= 4 is 11.2 Å². The number of benzene rings is 1. The molecular weight excluding hydrogens is 280 g/mol. The lowest BCUT2D eigenvalue weighted by Crippen LogP contribution is -2.39. The lowest BCUT2D eigenvalue weighted by atomic mass is 10.2. The summed E-state index contributed by atoms with van der Waals surface area (Å²) in [5.41, 5.74) is -1.25. The minimum absolute atomic E-state index is 0.0239. The minimum atomic E-state index is -2.95. The Kier molecular flexibility index (Phi) is 2.15. The molecule has 0 N–H and O–H groups in total. The molecule has 0 aliphatic carbocycles. The molecule has 2 heterocycles. The Hall–Kier alpha value is -2.89. The molecule has 3 rings (SSSR count). The summed E-state index contributed by atoms with van der Waals surface area (Å²) < 4.78 is 40.7. The van der Waals surface area contributed by atoms with E-state index in [-0.39, 0.29) is 15.7 Å². The van der Waals surface area contributed by atoms with Gasteiger partial charge >= 0.3 is 5.69 Å². The van der Waals surface area contributed by atoms with E-state index in [4.69, 9.17) is 6.85 Å². The Labute approximate surface area is 133 Å². The van der Waals surface area contributed by atoms with Crippen molar-refractivity contribution in [1.29, 1.82) is 0 Å². The van der Waals surface area contributed by atoms with Crippen LogP contribution in [0.4, 0.5) is 0 Å². The molecule has 0 atom stereocenters. The van der Waals surface area contributed by atoms with Crippen LogP contribution < -0.4 is 11.2 Å². The van der Waals surface area contributed by atoms with Crippen molar-refractivity contribution in [1.82, 2.24) is 18.7 Å². The third-order valence-corrected chi connectivity index (χ3v) is 3.48. The molecule has 6 heteroatoms. The van der Waals surface area contributed by atoms with Crippen LogP contribution in [0.3, 0.4) is 0 Å². The van der Waals surface area contributed by atoms with Crippen molar-refractivity contribution in [3.8, 4) is 11.4 Å². The topological polar surface area (TPSA) is 61.8 Å². The van der Waals surface area contributed by atoms with Gasteiger partial charge in [-0.1, -0.05) is 36.4 Å². The first-order valence-electron chi connectivity index (χ1n) is 8.98. The third kappa shape index (κ3) is 1.92. The highest BCUT2D eigenvalue weighted by atomic mass is 16.2. The molecule has 6 nitrogen and oxygen atoms in total. The molecule has 0 bridgehead atoms. The highest BCUT2D eigenvalue weighted by Crippen LogP contribution is 2.20. The van der Waals surface area contributed by atoms with Gasteiger partial charge in [-0.25, -0.2) is 9.78 Å². The smallest absolute Gasteiger partial charge is 0.321 e. The van der Waals surface area contributed by atoms with E-state index in [0.717, 1.165) is 4.57 Å². The molecule has 22 heavy (non-hydrogen) atoms. The van der Waals surface area contributed by atoms with E-state index < -0.39 is 30.3 Å². The second kappa shape index (κ2) is 5.14. The van der Waals surface area contributed by atoms with E-state index in [2.05, 4.69) is 4.98 Å². The van der Waals surface area contributed by atoms with Crippen LogP contribution in [0.25, 0.3) is 22.6 Å². The van der Waals surface area contributed by atoms with Crippen LogP contribution in [0, 0.1) is 0 Å². The van der Waals surface area contributed by atoms with Crippen LogP contribution in [-0.4, -0.2) is 18.7 Å². The second-order valence-electron chi connectivity index (χ2n) is 4.75. The predicted octanol–water partition coefficient (Wildman–Crippen LogP) is 1.29. The Morgan fingerprint density at radius 1 is 1.32 bits per heavy atom. The Balaban J connectivity index is 2.45. The predicted molar refractivity (Wildman–Crippen MR) is 85.8 cm³/mol. The zero-order valence-corrected chi connectivity index (χ0v) is 12.0. The number of rotatable bonds is 3. The van der Waals surface area contributed by atoms with Crippen LogP contribution in [0.15, 0.2) is 52.5 Å². The molecule has 0 aliphatic rings. The van der Waals surface area contributed by atoms with Crippen molar-refractivity contribution in [3.05, 3.63) is 63.8 Å². The van der Waals surface area contributed by atoms with Crippen LogP contribution in [0.5, 0.6) is 0 Å². The summed E-state index contributed by atoms with van der Waals surface area (Å²) >= 11 is 0. The maximum Gasteiger partial charge on any atom is 0.332 e. The quantitative estimate of drug-likeness (QED) is 0.685. The van der Waals surface area contributed by atoms with E-state index >= 15 is 0 Å². The lowest BCUT2D eigenvalue weighted by molar-refractivity contribution is 0.665. The van der Waals surface area contributed by atoms with E-state index in [9.17, 15) is 9.59 Å². The fourth-order valence-corrected chi connectivity index (χ4v) is 2.39. The highest BCUT2D eigenvalue weighted by molar-refractivity contribution is 5.76. The van der Waals surface area contributed by atoms with Crippen molar-refractivity contribution < 1.29 is 6.85 Å². The van der Waals surface area contributed by atoms with Gasteiger partial charge in [-0.15, -0.1) is 6.53 Å². The fraction of sp³-hybridized carbons (Fsp3) is 0.188. The molecular formula is C16H16N4O2. The summed E-state index contributed by atoms with van der Waals surface area (Å²) in [6.07, 6.45) is 0. The van der Waals surface area contributed by atoms with Gasteiger partial charge in [0.05, 0.1) is 6.85 Å². The lowest BCUT2D eigenvalue weighted by Gasteiger charge is -2.06. The zero-order valence-electron chi connectivity index (χ0n) is 17.0. The molecule has 0 unspecified atom stereocenters. The van der Waals surface area contributed by atoms with Crippen LogP contribution in [0.2, 0.25) is 0 Å². The molecule has 0 spiro atoms. The van der Waals surface area contributed by atoms with Crippen molar-refractivity contribution in [2.45, 2.75) is 6.50 Å². The van der Waals surface area contributed by atoms with Crippen LogP contribution in [-0.2, 0) is 20.6 Å². The van der Waals surface area contributed by atoms with Crippen LogP contribution in [0.1, 0.15) is 6.85 Å². The summed E-state index contributed by atoms with van der Waals surface area (Å²) in [5, 5.41) is 0. The first-order chi connectivity index (χ1) is 12.6. The fourth-order valence-electron chi connectivity index (χ4n) is 2.39. The molecule has 2 aromatic heterocycles. The molecule has 0 saturated heterocycles. The number of imidazole rings is 1. The number of hydrogen-bond donors (Lipinski definition) is 0. The van der Waals surface area contributed by atoms with E-state index in [1.807, 2.05) is 6.07 Å². The number of aromatic nitrogens is 4. The van der Waals surface area contributed by atoms with Gasteiger partial charge in [0.15, 0.2) is 11.2 Å².